The van der Waals surface area contributed by atoms with Crippen LogP contribution in [-0.4, -0.2) is 32.1 Å². The Kier molecular flexibility index (Phi) is 7.82. The largest absolute Gasteiger partial charge is 0.463 e. The summed E-state index contributed by atoms with van der Waals surface area (Å²) in [6.45, 7) is 4.06. The minimum absolute atomic E-state index is 0. The molecule has 0 fully saturated rings. The van der Waals surface area contributed by atoms with Gasteiger partial charge in [-0.1, -0.05) is 59.0 Å². The summed E-state index contributed by atoms with van der Waals surface area (Å²) < 4.78 is 9.06. The number of nitrogens with zero attached hydrogens (tertiary/aromatic N) is 5. The average Bonchev–Trinajstić information content (AvgIpc) is 3.49. The van der Waals surface area contributed by atoms with Crippen LogP contribution in [0.4, 0.5) is 0 Å². The van der Waals surface area contributed by atoms with Gasteiger partial charge in [0, 0.05) is 6.54 Å². The maximum atomic E-state index is 13.7. The molecule has 3 heterocycles. The molecule has 2 aromatic carbocycles. The van der Waals surface area contributed by atoms with Gasteiger partial charge in [0.1, 0.15) is 0 Å². The zero-order chi connectivity index (χ0) is 25.2. The van der Waals surface area contributed by atoms with Crippen molar-refractivity contribution in [3.63, 3.8) is 0 Å². The first-order valence-corrected chi connectivity index (χ1v) is 12.3. The van der Waals surface area contributed by atoms with Crippen molar-refractivity contribution in [2.24, 2.45) is 10.7 Å². The van der Waals surface area contributed by atoms with Crippen molar-refractivity contribution >= 4 is 35.8 Å². The Balaban J connectivity index is 0.00000320. The third kappa shape index (κ3) is 5.04. The maximum Gasteiger partial charge on any atom is 0.338 e. The fraction of sp³-hybridized carbons (Fsp3) is 0.192. The molecule has 0 aliphatic carbocycles. The van der Waals surface area contributed by atoms with Crippen LogP contribution < -0.4 is 20.6 Å². The van der Waals surface area contributed by atoms with Crippen molar-refractivity contribution in [3.8, 4) is 5.69 Å². The summed E-state index contributed by atoms with van der Waals surface area (Å²) in [6, 6.07) is 16.4. The standard InChI is InChI=1S/C26H24N6O3S.ClH/c1-3-35-25(34)22-16(2)28-26-32(23(22)18-9-5-4-6-10-18)24(33)21(36-26)13-17-8-7-11-20(12-17)31-15-19(14-27)29-30-31;/h4-13,15,23H,3,14,27H2,1-2H3;1H/b21-13-;. The van der Waals surface area contributed by atoms with Crippen molar-refractivity contribution in [2.45, 2.75) is 26.4 Å². The van der Waals surface area contributed by atoms with E-state index in [1.807, 2.05) is 60.7 Å². The second-order valence-corrected chi connectivity index (χ2v) is 9.18. The lowest BCUT2D eigenvalue weighted by molar-refractivity contribution is -0.139. The molecule has 5 rings (SSSR count). The molecule has 0 saturated carbocycles. The molecule has 2 aromatic heterocycles. The van der Waals surface area contributed by atoms with E-state index < -0.39 is 12.0 Å². The highest BCUT2D eigenvalue weighted by atomic mass is 35.5. The van der Waals surface area contributed by atoms with E-state index in [4.69, 9.17) is 10.5 Å². The van der Waals surface area contributed by atoms with Crippen molar-refractivity contribution in [3.05, 3.63) is 109 Å². The number of carbonyl (C=O) groups is 1. The lowest BCUT2D eigenvalue weighted by Crippen LogP contribution is -2.39. The number of ether oxygens (including phenoxy) is 1. The van der Waals surface area contributed by atoms with Crippen LogP contribution in [0.3, 0.4) is 0 Å². The average molecular weight is 537 g/mol. The molecule has 37 heavy (non-hydrogen) atoms. The molecule has 4 aromatic rings. The van der Waals surface area contributed by atoms with Gasteiger partial charge in [0.25, 0.3) is 5.56 Å². The SMILES string of the molecule is CCOC(=O)C1=C(C)N=c2s/c(=C\c3cccc(-n4cc(CN)nn4)c3)c(=O)n2C1c1ccccc1.Cl. The Morgan fingerprint density at radius 3 is 2.68 bits per heavy atom. The number of hydrogen-bond donors (Lipinski definition) is 1. The molecule has 1 aliphatic heterocycles. The molecular formula is C26H25ClN6O3S. The lowest BCUT2D eigenvalue weighted by Gasteiger charge is -2.24. The molecule has 2 N–H and O–H groups in total. The summed E-state index contributed by atoms with van der Waals surface area (Å²) in [6.07, 6.45) is 3.59. The Bertz CT molecular complexity index is 1660. The number of rotatable bonds is 6. The normalized spacial score (nSPS) is 15.1. The third-order valence-corrected chi connectivity index (χ3v) is 6.80. The van der Waals surface area contributed by atoms with Gasteiger partial charge in [-0.05, 0) is 43.2 Å². The number of esters is 1. The molecule has 0 radical (unpaired) electrons. The summed E-state index contributed by atoms with van der Waals surface area (Å²) in [4.78, 5) is 31.8. The zero-order valence-electron chi connectivity index (χ0n) is 20.2. The quantitative estimate of drug-likeness (QED) is 0.378. The van der Waals surface area contributed by atoms with Crippen molar-refractivity contribution < 1.29 is 9.53 Å². The first-order chi connectivity index (χ1) is 17.5. The summed E-state index contributed by atoms with van der Waals surface area (Å²) in [7, 11) is 0. The molecule has 0 amide bonds. The topological polar surface area (TPSA) is 117 Å². The van der Waals surface area contributed by atoms with E-state index >= 15 is 0 Å². The summed E-state index contributed by atoms with van der Waals surface area (Å²) >= 11 is 1.29. The minimum atomic E-state index is -0.625. The predicted octanol–water partition coefficient (Wildman–Crippen LogP) is 2.26. The lowest BCUT2D eigenvalue weighted by atomic mass is 9.96. The molecule has 9 nitrogen and oxygen atoms in total. The number of benzene rings is 2. The van der Waals surface area contributed by atoms with Gasteiger partial charge >= 0.3 is 5.97 Å². The van der Waals surface area contributed by atoms with Crippen LogP contribution >= 0.6 is 23.7 Å². The van der Waals surface area contributed by atoms with Gasteiger partial charge in [-0.15, -0.1) is 17.5 Å². The number of carbonyl (C=O) groups excluding carboxylic acids is 1. The zero-order valence-corrected chi connectivity index (χ0v) is 21.8. The first kappa shape index (κ1) is 26.2. The Morgan fingerprint density at radius 1 is 1.19 bits per heavy atom. The van der Waals surface area contributed by atoms with Gasteiger partial charge in [0.2, 0.25) is 0 Å². The fourth-order valence-corrected chi connectivity index (χ4v) is 5.22. The van der Waals surface area contributed by atoms with Crippen LogP contribution in [-0.2, 0) is 16.1 Å². The molecule has 0 spiro atoms. The highest BCUT2D eigenvalue weighted by molar-refractivity contribution is 7.07. The van der Waals surface area contributed by atoms with Crippen LogP contribution in [0.1, 0.15) is 36.7 Å². The summed E-state index contributed by atoms with van der Waals surface area (Å²) in [5, 5.41) is 8.15. The number of thiazole rings is 1. The predicted molar refractivity (Wildman–Crippen MR) is 143 cm³/mol. The van der Waals surface area contributed by atoms with E-state index in [0.29, 0.717) is 32.8 Å². The first-order valence-electron chi connectivity index (χ1n) is 11.5. The van der Waals surface area contributed by atoms with Crippen LogP contribution in [0.15, 0.2) is 81.9 Å². The molecular weight excluding hydrogens is 512 g/mol. The molecule has 1 unspecified atom stereocenters. The number of aromatic nitrogens is 4. The number of halogens is 1. The number of hydrogen-bond acceptors (Lipinski definition) is 8. The molecule has 0 bridgehead atoms. The van der Waals surface area contributed by atoms with Crippen molar-refractivity contribution in [2.75, 3.05) is 6.61 Å². The molecule has 1 atom stereocenters. The van der Waals surface area contributed by atoms with Crippen LogP contribution in [0.5, 0.6) is 0 Å². The second-order valence-electron chi connectivity index (χ2n) is 8.17. The molecule has 11 heteroatoms. The van der Waals surface area contributed by atoms with E-state index in [-0.39, 0.29) is 24.6 Å². The van der Waals surface area contributed by atoms with Gasteiger partial charge in [-0.2, -0.15) is 0 Å². The smallest absolute Gasteiger partial charge is 0.338 e. The van der Waals surface area contributed by atoms with E-state index in [9.17, 15) is 9.59 Å². The van der Waals surface area contributed by atoms with Gasteiger partial charge in [-0.25, -0.2) is 14.5 Å². The Morgan fingerprint density at radius 2 is 1.97 bits per heavy atom. The van der Waals surface area contributed by atoms with Gasteiger partial charge < -0.3 is 10.5 Å². The molecule has 0 saturated heterocycles. The van der Waals surface area contributed by atoms with E-state index in [1.165, 1.54) is 11.3 Å². The maximum absolute atomic E-state index is 13.7. The highest BCUT2D eigenvalue weighted by Gasteiger charge is 2.33. The van der Waals surface area contributed by atoms with Gasteiger partial charge in [-0.3, -0.25) is 9.36 Å². The van der Waals surface area contributed by atoms with E-state index in [0.717, 1.165) is 16.8 Å². The number of allylic oxidation sites excluding steroid dienone is 1. The minimum Gasteiger partial charge on any atom is -0.463 e. The summed E-state index contributed by atoms with van der Waals surface area (Å²) in [5.74, 6) is -0.473. The second kappa shape index (κ2) is 11.0. The van der Waals surface area contributed by atoms with Crippen molar-refractivity contribution in [1.29, 1.82) is 0 Å². The van der Waals surface area contributed by atoms with Crippen LogP contribution in [0.2, 0.25) is 0 Å². The Labute approximate surface area is 222 Å². The van der Waals surface area contributed by atoms with E-state index in [2.05, 4.69) is 15.3 Å². The number of nitrogens with two attached hydrogens (primary N) is 1. The van der Waals surface area contributed by atoms with Gasteiger partial charge in [0.05, 0.1) is 46.0 Å². The van der Waals surface area contributed by atoms with Crippen LogP contribution in [0.25, 0.3) is 11.8 Å². The molecule has 1 aliphatic rings. The van der Waals surface area contributed by atoms with Gasteiger partial charge in [0.15, 0.2) is 4.80 Å². The Hall–Kier alpha value is -3.86. The summed E-state index contributed by atoms with van der Waals surface area (Å²) in [5.41, 5.74) is 9.44. The fourth-order valence-electron chi connectivity index (χ4n) is 4.17. The number of fused-ring (bicyclic) bond motifs is 1. The van der Waals surface area contributed by atoms with Crippen LogP contribution in [0, 0.1) is 0 Å². The monoisotopic (exact) mass is 536 g/mol. The third-order valence-electron chi connectivity index (χ3n) is 5.81. The molecule has 190 valence electrons. The highest BCUT2D eigenvalue weighted by Crippen LogP contribution is 2.30. The van der Waals surface area contributed by atoms with Crippen molar-refractivity contribution in [1.82, 2.24) is 19.6 Å². The van der Waals surface area contributed by atoms with E-state index in [1.54, 1.807) is 29.3 Å².